The Labute approximate surface area is 88.1 Å². The molecule has 15 heavy (non-hydrogen) atoms. The van der Waals surface area contributed by atoms with Crippen LogP contribution < -0.4 is 0 Å². The second kappa shape index (κ2) is 4.41. The van der Waals surface area contributed by atoms with Crippen LogP contribution in [0, 0.1) is 17.1 Å². The first-order valence-corrected chi connectivity index (χ1v) is 6.19. The molecule has 3 nitrogen and oxygen atoms in total. The van der Waals surface area contributed by atoms with Crippen molar-refractivity contribution >= 4 is 9.84 Å². The van der Waals surface area contributed by atoms with E-state index >= 15 is 0 Å². The van der Waals surface area contributed by atoms with E-state index in [4.69, 9.17) is 5.26 Å². The fourth-order valence-corrected chi connectivity index (χ4v) is 1.78. The number of aryl methyl sites for hydroxylation is 1. The molecule has 0 heterocycles. The van der Waals surface area contributed by atoms with Gasteiger partial charge in [-0.05, 0) is 24.1 Å². The Bertz CT molecular complexity index is 503. The summed E-state index contributed by atoms with van der Waals surface area (Å²) in [6.45, 7) is 0. The predicted molar refractivity (Wildman–Crippen MR) is 53.4 cm³/mol. The van der Waals surface area contributed by atoms with E-state index in [-0.39, 0.29) is 11.3 Å². The first kappa shape index (κ1) is 11.7. The fraction of sp³-hybridized carbons (Fsp3) is 0.300. The van der Waals surface area contributed by atoms with Gasteiger partial charge in [-0.25, -0.2) is 12.8 Å². The second-order valence-electron chi connectivity index (χ2n) is 3.18. The molecule has 0 amide bonds. The lowest BCUT2D eigenvalue weighted by Gasteiger charge is -2.02. The fourth-order valence-electron chi connectivity index (χ4n) is 1.15. The van der Waals surface area contributed by atoms with Gasteiger partial charge in [0.15, 0.2) is 9.84 Å². The minimum absolute atomic E-state index is 0.0410. The highest BCUT2D eigenvalue weighted by Gasteiger charge is 2.10. The largest absolute Gasteiger partial charge is 0.224 e. The van der Waals surface area contributed by atoms with Crippen LogP contribution in [0.3, 0.4) is 0 Å². The van der Waals surface area contributed by atoms with Crippen LogP contribution in [0.4, 0.5) is 4.39 Å². The van der Waals surface area contributed by atoms with Gasteiger partial charge < -0.3 is 0 Å². The summed E-state index contributed by atoms with van der Waals surface area (Å²) in [7, 11) is -3.37. The van der Waals surface area contributed by atoms with E-state index in [1.165, 1.54) is 12.1 Å². The lowest BCUT2D eigenvalue weighted by Crippen LogP contribution is -1.99. The van der Waals surface area contributed by atoms with E-state index in [0.29, 0.717) is 12.0 Å². The Kier molecular flexibility index (Phi) is 3.43. The molecular formula is C10H10FNO2S. The van der Waals surface area contributed by atoms with Gasteiger partial charge in [0, 0.05) is 12.7 Å². The summed E-state index contributed by atoms with van der Waals surface area (Å²) in [4.78, 5) is -0.0410. The molecule has 0 unspecified atom stereocenters. The number of halogens is 1. The SMILES string of the molecule is CS(=O)(=O)c1ccc(CCC#N)c(F)c1. The first-order valence-electron chi connectivity index (χ1n) is 4.30. The highest BCUT2D eigenvalue weighted by molar-refractivity contribution is 7.90. The monoisotopic (exact) mass is 227 g/mol. The van der Waals surface area contributed by atoms with E-state index in [1.54, 1.807) is 0 Å². The second-order valence-corrected chi connectivity index (χ2v) is 5.20. The lowest BCUT2D eigenvalue weighted by molar-refractivity contribution is 0.590. The summed E-state index contributed by atoms with van der Waals surface area (Å²) in [6, 6.07) is 5.65. The molecule has 0 N–H and O–H groups in total. The maximum atomic E-state index is 13.3. The average Bonchev–Trinajstić information content (AvgIpc) is 2.14. The smallest absolute Gasteiger partial charge is 0.175 e. The van der Waals surface area contributed by atoms with Gasteiger partial charge in [0.25, 0.3) is 0 Å². The maximum Gasteiger partial charge on any atom is 0.175 e. The molecule has 0 aliphatic carbocycles. The molecule has 0 saturated carbocycles. The maximum absolute atomic E-state index is 13.3. The van der Waals surface area contributed by atoms with Crippen LogP contribution in [0.15, 0.2) is 23.1 Å². The molecule has 5 heteroatoms. The summed E-state index contributed by atoms with van der Waals surface area (Å²) < 4.78 is 35.5. The van der Waals surface area contributed by atoms with Gasteiger partial charge >= 0.3 is 0 Å². The van der Waals surface area contributed by atoms with Crippen molar-refractivity contribution in [2.24, 2.45) is 0 Å². The van der Waals surface area contributed by atoms with Crippen LogP contribution in [0.5, 0.6) is 0 Å². The summed E-state index contributed by atoms with van der Waals surface area (Å²) in [6.07, 6.45) is 1.54. The Balaban J connectivity index is 3.05. The van der Waals surface area contributed by atoms with Crippen molar-refractivity contribution in [2.45, 2.75) is 17.7 Å². The van der Waals surface area contributed by atoms with Gasteiger partial charge in [-0.1, -0.05) is 6.07 Å². The predicted octanol–water partition coefficient (Wildman–Crippen LogP) is 1.69. The van der Waals surface area contributed by atoms with Crippen molar-refractivity contribution in [3.63, 3.8) is 0 Å². The number of hydrogen-bond donors (Lipinski definition) is 0. The normalized spacial score (nSPS) is 11.0. The Morgan fingerprint density at radius 2 is 2.13 bits per heavy atom. The van der Waals surface area contributed by atoms with Crippen molar-refractivity contribution in [3.05, 3.63) is 29.6 Å². The molecule has 0 bridgehead atoms. The molecule has 0 atom stereocenters. The molecule has 1 rings (SSSR count). The number of benzene rings is 1. The minimum Gasteiger partial charge on any atom is -0.224 e. The Morgan fingerprint density at radius 3 is 2.60 bits per heavy atom. The van der Waals surface area contributed by atoms with Gasteiger partial charge in [-0.2, -0.15) is 5.26 Å². The molecule has 0 aliphatic rings. The quantitative estimate of drug-likeness (QED) is 0.789. The van der Waals surface area contributed by atoms with Gasteiger partial charge in [0.1, 0.15) is 5.82 Å². The molecule has 0 fully saturated rings. The van der Waals surface area contributed by atoms with Crippen LogP contribution in [0.2, 0.25) is 0 Å². The number of sulfone groups is 1. The van der Waals surface area contributed by atoms with Gasteiger partial charge in [0.2, 0.25) is 0 Å². The molecule has 0 spiro atoms. The average molecular weight is 227 g/mol. The zero-order valence-electron chi connectivity index (χ0n) is 8.20. The van der Waals surface area contributed by atoms with E-state index in [1.807, 2.05) is 6.07 Å². The molecule has 1 aromatic carbocycles. The van der Waals surface area contributed by atoms with Gasteiger partial charge in [-0.3, -0.25) is 0 Å². The summed E-state index contributed by atoms with van der Waals surface area (Å²) in [5.74, 6) is -0.576. The topological polar surface area (TPSA) is 57.9 Å². The number of nitriles is 1. The third-order valence-electron chi connectivity index (χ3n) is 1.96. The van der Waals surface area contributed by atoms with Crippen LogP contribution in [-0.2, 0) is 16.3 Å². The van der Waals surface area contributed by atoms with Crippen molar-refractivity contribution in [2.75, 3.05) is 6.26 Å². The van der Waals surface area contributed by atoms with Crippen LogP contribution in [-0.4, -0.2) is 14.7 Å². The third kappa shape index (κ3) is 3.03. The highest BCUT2D eigenvalue weighted by Crippen LogP contribution is 2.15. The van der Waals surface area contributed by atoms with Crippen molar-refractivity contribution < 1.29 is 12.8 Å². The van der Waals surface area contributed by atoms with Crippen molar-refractivity contribution in [1.82, 2.24) is 0 Å². The van der Waals surface area contributed by atoms with Crippen LogP contribution in [0.25, 0.3) is 0 Å². The van der Waals surface area contributed by atoms with E-state index < -0.39 is 15.7 Å². The highest BCUT2D eigenvalue weighted by atomic mass is 32.2. The van der Waals surface area contributed by atoms with Crippen molar-refractivity contribution in [3.8, 4) is 6.07 Å². The van der Waals surface area contributed by atoms with E-state index in [2.05, 4.69) is 0 Å². The van der Waals surface area contributed by atoms with E-state index in [9.17, 15) is 12.8 Å². The Hall–Kier alpha value is -1.41. The van der Waals surface area contributed by atoms with Crippen LogP contribution >= 0.6 is 0 Å². The molecule has 80 valence electrons. The van der Waals surface area contributed by atoms with Gasteiger partial charge in [0.05, 0.1) is 11.0 Å². The number of nitrogens with zero attached hydrogens (tertiary/aromatic N) is 1. The summed E-state index contributed by atoms with van der Waals surface area (Å²) >= 11 is 0. The molecule has 0 aliphatic heterocycles. The molecule has 0 aromatic heterocycles. The summed E-state index contributed by atoms with van der Waals surface area (Å²) in [5.41, 5.74) is 0.365. The standard InChI is InChI=1S/C10H10FNO2S/c1-15(13,14)9-5-4-8(3-2-6-12)10(11)7-9/h4-5,7H,2-3H2,1H3. The summed E-state index contributed by atoms with van der Waals surface area (Å²) in [5, 5.41) is 8.33. The molecule has 0 radical (unpaired) electrons. The number of rotatable bonds is 3. The third-order valence-corrected chi connectivity index (χ3v) is 3.07. The first-order chi connectivity index (χ1) is 6.95. The van der Waals surface area contributed by atoms with Crippen LogP contribution in [0.1, 0.15) is 12.0 Å². The van der Waals surface area contributed by atoms with E-state index in [0.717, 1.165) is 12.3 Å². The lowest BCUT2D eigenvalue weighted by atomic mass is 10.1. The Morgan fingerprint density at radius 1 is 1.47 bits per heavy atom. The zero-order valence-corrected chi connectivity index (χ0v) is 9.01. The molecule has 1 aromatic rings. The van der Waals surface area contributed by atoms with Crippen molar-refractivity contribution in [1.29, 1.82) is 5.26 Å². The minimum atomic E-state index is -3.37. The number of hydrogen-bond acceptors (Lipinski definition) is 3. The van der Waals surface area contributed by atoms with Gasteiger partial charge in [-0.15, -0.1) is 0 Å². The zero-order chi connectivity index (χ0) is 11.5. The molecule has 0 saturated heterocycles. The molecular weight excluding hydrogens is 217 g/mol.